The van der Waals surface area contributed by atoms with Crippen LogP contribution in [-0.4, -0.2) is 35.9 Å². The average molecular weight is 437 g/mol. The molecule has 3 aromatic rings. The van der Waals surface area contributed by atoms with Gasteiger partial charge in [-0.3, -0.25) is 14.5 Å². The zero-order valence-electron chi connectivity index (χ0n) is 16.3. The number of benzene rings is 2. The Hall–Kier alpha value is -3.92. The molecule has 0 bridgehead atoms. The van der Waals surface area contributed by atoms with Gasteiger partial charge in [0.25, 0.3) is 5.91 Å². The molecule has 2 aromatic carbocycles. The third kappa shape index (κ3) is 4.81. The van der Waals surface area contributed by atoms with Crippen LogP contribution in [0.1, 0.15) is 16.1 Å². The normalized spacial score (nSPS) is 13.0. The van der Waals surface area contributed by atoms with Crippen molar-refractivity contribution in [2.24, 2.45) is 5.73 Å². The number of anilines is 2. The number of nitrogens with two attached hydrogens (primary N) is 1. The molecule has 0 spiro atoms. The van der Waals surface area contributed by atoms with E-state index in [1.165, 1.54) is 11.3 Å². The van der Waals surface area contributed by atoms with Crippen molar-refractivity contribution in [1.29, 1.82) is 0 Å². The van der Waals surface area contributed by atoms with E-state index < -0.39 is 5.91 Å². The fourth-order valence-electron chi connectivity index (χ4n) is 3.02. The molecule has 1 fully saturated rings. The van der Waals surface area contributed by atoms with Crippen molar-refractivity contribution in [3.05, 3.63) is 65.2 Å². The number of hydrogen-bond donors (Lipinski definition) is 3. The van der Waals surface area contributed by atoms with Crippen molar-refractivity contribution < 1.29 is 19.1 Å². The highest BCUT2D eigenvalue weighted by atomic mass is 32.1. The summed E-state index contributed by atoms with van der Waals surface area (Å²) in [5, 5.41) is 7.87. The van der Waals surface area contributed by atoms with Gasteiger partial charge in [-0.25, -0.2) is 9.78 Å². The van der Waals surface area contributed by atoms with Crippen LogP contribution in [-0.2, 0) is 11.2 Å². The van der Waals surface area contributed by atoms with Gasteiger partial charge in [0.1, 0.15) is 11.5 Å². The van der Waals surface area contributed by atoms with Gasteiger partial charge in [-0.2, -0.15) is 0 Å². The van der Waals surface area contributed by atoms with Gasteiger partial charge >= 0.3 is 6.03 Å². The van der Waals surface area contributed by atoms with Gasteiger partial charge in [0.2, 0.25) is 5.91 Å². The standard InChI is InChI=1S/C21H19N5O4S/c22-19(28)16-3-1-2-4-17(16)30-15-7-5-13(6-8-15)24-18(27)11-14-12-31-21(25-14)26-10-9-23-20(26)29/h1-8,12H,9-11H2,(H2,22,28)(H,23,29)(H,24,27). The van der Waals surface area contributed by atoms with Gasteiger partial charge in [0.05, 0.1) is 17.7 Å². The molecule has 1 aromatic heterocycles. The molecule has 31 heavy (non-hydrogen) atoms. The van der Waals surface area contributed by atoms with E-state index in [9.17, 15) is 14.4 Å². The lowest BCUT2D eigenvalue weighted by molar-refractivity contribution is -0.115. The van der Waals surface area contributed by atoms with Gasteiger partial charge in [-0.1, -0.05) is 12.1 Å². The van der Waals surface area contributed by atoms with Crippen LogP contribution in [0.15, 0.2) is 53.9 Å². The Kier molecular flexibility index (Phi) is 5.80. The number of aromatic nitrogens is 1. The first-order valence-electron chi connectivity index (χ1n) is 9.46. The third-order valence-electron chi connectivity index (χ3n) is 4.49. The summed E-state index contributed by atoms with van der Waals surface area (Å²) in [7, 11) is 0. The van der Waals surface area contributed by atoms with Crippen LogP contribution in [0.25, 0.3) is 0 Å². The summed E-state index contributed by atoms with van der Waals surface area (Å²) in [4.78, 5) is 41.5. The van der Waals surface area contributed by atoms with Crippen LogP contribution in [0.4, 0.5) is 15.6 Å². The van der Waals surface area contributed by atoms with Crippen molar-refractivity contribution in [2.75, 3.05) is 23.3 Å². The number of ether oxygens (including phenoxy) is 1. The van der Waals surface area contributed by atoms with E-state index in [-0.39, 0.29) is 23.9 Å². The Morgan fingerprint density at radius 2 is 1.97 bits per heavy atom. The Morgan fingerprint density at radius 3 is 2.68 bits per heavy atom. The molecule has 1 aliphatic heterocycles. The lowest BCUT2D eigenvalue weighted by Crippen LogP contribution is -2.27. The average Bonchev–Trinajstić information content (AvgIpc) is 3.38. The molecule has 0 aliphatic carbocycles. The van der Waals surface area contributed by atoms with Gasteiger partial charge < -0.3 is 21.1 Å². The maximum absolute atomic E-state index is 12.4. The molecule has 0 saturated carbocycles. The summed E-state index contributed by atoms with van der Waals surface area (Å²) in [6.07, 6.45) is 0.0934. The number of nitrogens with zero attached hydrogens (tertiary/aromatic N) is 2. The van der Waals surface area contributed by atoms with Gasteiger partial charge in [-0.05, 0) is 36.4 Å². The second-order valence-electron chi connectivity index (χ2n) is 6.72. The number of carbonyl (C=O) groups excluding carboxylic acids is 3. The van der Waals surface area contributed by atoms with Crippen LogP contribution in [0.3, 0.4) is 0 Å². The van der Waals surface area contributed by atoms with Crippen LogP contribution < -0.4 is 26.0 Å². The quantitative estimate of drug-likeness (QED) is 0.524. The van der Waals surface area contributed by atoms with Crippen LogP contribution >= 0.6 is 11.3 Å². The van der Waals surface area contributed by atoms with E-state index in [4.69, 9.17) is 10.5 Å². The predicted molar refractivity (Wildman–Crippen MR) is 117 cm³/mol. The lowest BCUT2D eigenvalue weighted by Gasteiger charge is -2.10. The molecule has 4 rings (SSSR count). The molecule has 2 heterocycles. The summed E-state index contributed by atoms with van der Waals surface area (Å²) < 4.78 is 5.73. The molecule has 1 aliphatic rings. The molecule has 4 N–H and O–H groups in total. The van der Waals surface area contributed by atoms with Crippen molar-refractivity contribution in [2.45, 2.75) is 6.42 Å². The SMILES string of the molecule is NC(=O)c1ccccc1Oc1ccc(NC(=O)Cc2csc(N3CCNC3=O)n2)cc1. The summed E-state index contributed by atoms with van der Waals surface area (Å²) in [6.45, 7) is 1.15. The van der Waals surface area contributed by atoms with E-state index in [1.807, 2.05) is 0 Å². The summed E-state index contributed by atoms with van der Waals surface area (Å²) >= 11 is 1.33. The molecule has 10 heteroatoms. The molecular weight excluding hydrogens is 418 g/mol. The smallest absolute Gasteiger partial charge is 0.323 e. The van der Waals surface area contributed by atoms with Crippen molar-refractivity contribution in [3.8, 4) is 11.5 Å². The fraction of sp³-hybridized carbons (Fsp3) is 0.143. The predicted octanol–water partition coefficient (Wildman–Crippen LogP) is 2.75. The van der Waals surface area contributed by atoms with Crippen LogP contribution in [0, 0.1) is 0 Å². The van der Waals surface area contributed by atoms with E-state index in [0.29, 0.717) is 41.1 Å². The highest BCUT2D eigenvalue weighted by Gasteiger charge is 2.24. The number of rotatable bonds is 7. The molecule has 1 saturated heterocycles. The van der Waals surface area contributed by atoms with Gasteiger partial charge in [0.15, 0.2) is 5.13 Å². The van der Waals surface area contributed by atoms with E-state index >= 15 is 0 Å². The van der Waals surface area contributed by atoms with E-state index in [2.05, 4.69) is 15.6 Å². The minimum atomic E-state index is -0.574. The number of amides is 4. The largest absolute Gasteiger partial charge is 0.457 e. The summed E-state index contributed by atoms with van der Waals surface area (Å²) in [6, 6.07) is 13.3. The second kappa shape index (κ2) is 8.84. The number of nitrogens with one attached hydrogen (secondary N) is 2. The highest BCUT2D eigenvalue weighted by Crippen LogP contribution is 2.26. The monoisotopic (exact) mass is 437 g/mol. The van der Waals surface area contributed by atoms with Crippen molar-refractivity contribution >= 4 is 40.0 Å². The first-order valence-corrected chi connectivity index (χ1v) is 10.3. The molecule has 0 unspecified atom stereocenters. The summed E-state index contributed by atoms with van der Waals surface area (Å²) in [5.41, 5.74) is 6.84. The molecule has 4 amide bonds. The Labute approximate surface area is 181 Å². The number of urea groups is 1. The van der Waals surface area contributed by atoms with Crippen molar-refractivity contribution in [1.82, 2.24) is 10.3 Å². The molecule has 0 atom stereocenters. The Balaban J connectivity index is 1.35. The number of carbonyl (C=O) groups is 3. The van der Waals surface area contributed by atoms with Crippen molar-refractivity contribution in [3.63, 3.8) is 0 Å². The summed E-state index contributed by atoms with van der Waals surface area (Å²) in [5.74, 6) is 0.0584. The Bertz CT molecular complexity index is 1130. The maximum Gasteiger partial charge on any atom is 0.323 e. The van der Waals surface area contributed by atoms with E-state index in [0.717, 1.165) is 0 Å². The molecule has 9 nitrogen and oxygen atoms in total. The van der Waals surface area contributed by atoms with Crippen LogP contribution in [0.5, 0.6) is 11.5 Å². The fourth-order valence-corrected chi connectivity index (χ4v) is 3.87. The minimum Gasteiger partial charge on any atom is -0.457 e. The first-order chi connectivity index (χ1) is 15.0. The third-order valence-corrected chi connectivity index (χ3v) is 5.40. The molecule has 0 radical (unpaired) electrons. The topological polar surface area (TPSA) is 127 Å². The van der Waals surface area contributed by atoms with E-state index in [1.54, 1.807) is 58.8 Å². The number of thiazole rings is 1. The second-order valence-corrected chi connectivity index (χ2v) is 7.55. The Morgan fingerprint density at radius 1 is 1.19 bits per heavy atom. The zero-order chi connectivity index (χ0) is 21.8. The number of hydrogen-bond acceptors (Lipinski definition) is 6. The molecular formula is C21H19N5O4S. The maximum atomic E-state index is 12.4. The molecule has 158 valence electrons. The highest BCUT2D eigenvalue weighted by molar-refractivity contribution is 7.14. The lowest BCUT2D eigenvalue weighted by atomic mass is 10.2. The number of para-hydroxylation sites is 1. The van der Waals surface area contributed by atoms with Gasteiger partial charge in [0, 0.05) is 24.2 Å². The van der Waals surface area contributed by atoms with Gasteiger partial charge in [-0.15, -0.1) is 11.3 Å². The number of primary amides is 1. The van der Waals surface area contributed by atoms with Crippen LogP contribution in [0.2, 0.25) is 0 Å². The zero-order valence-corrected chi connectivity index (χ0v) is 17.1. The minimum absolute atomic E-state index is 0.0934. The first kappa shape index (κ1) is 20.4.